The molecule has 6 amide bonds. The SMILES string of the molecule is CCCC[C@@H](C(=O)N(C)[C@@H](CC(C)C)C(=O)NC(C(=O)N[C@@H](CNC(=O)OC(C)(C)C)C(=O)N[C@@H](COCCCNC(=O)OC(C)(C)C)C(=O)O)C1CCCCC1)N(CCCC)C[C@@H](C)N. The number of hydrogen-bond acceptors (Lipinski definition) is 12. The molecule has 0 aromatic carbocycles. The maximum absolute atomic E-state index is 14.6. The molecule has 382 valence electrons. The van der Waals surface area contributed by atoms with Gasteiger partial charge in [-0.25, -0.2) is 14.4 Å². The van der Waals surface area contributed by atoms with Gasteiger partial charge in [0.05, 0.1) is 19.2 Å². The Morgan fingerprint density at radius 3 is 1.85 bits per heavy atom. The van der Waals surface area contributed by atoms with E-state index < -0.39 is 90.4 Å². The van der Waals surface area contributed by atoms with E-state index in [0.29, 0.717) is 45.2 Å². The van der Waals surface area contributed by atoms with Crippen LogP contribution in [-0.2, 0) is 38.2 Å². The van der Waals surface area contributed by atoms with E-state index in [0.717, 1.165) is 44.9 Å². The highest BCUT2D eigenvalue weighted by Crippen LogP contribution is 2.28. The van der Waals surface area contributed by atoms with Crippen LogP contribution in [0, 0.1) is 11.8 Å². The van der Waals surface area contributed by atoms with Crippen LogP contribution in [0.3, 0.4) is 0 Å². The van der Waals surface area contributed by atoms with Crippen molar-refractivity contribution in [1.82, 2.24) is 36.4 Å². The van der Waals surface area contributed by atoms with Crippen molar-refractivity contribution in [2.45, 2.75) is 201 Å². The first kappa shape index (κ1) is 59.8. The highest BCUT2D eigenvalue weighted by atomic mass is 16.6. The Kier molecular flexibility index (Phi) is 27.4. The summed E-state index contributed by atoms with van der Waals surface area (Å²) in [5.74, 6) is -4.07. The third-order valence-electron chi connectivity index (χ3n) is 10.9. The van der Waals surface area contributed by atoms with Crippen molar-refractivity contribution in [2.75, 3.05) is 46.4 Å². The number of nitrogens with one attached hydrogen (secondary N) is 5. The van der Waals surface area contributed by atoms with Gasteiger partial charge in [-0.05, 0) is 105 Å². The van der Waals surface area contributed by atoms with E-state index in [4.69, 9.17) is 19.9 Å². The van der Waals surface area contributed by atoms with Crippen molar-refractivity contribution in [3.05, 3.63) is 0 Å². The Balaban J connectivity index is 3.46. The van der Waals surface area contributed by atoms with Crippen molar-refractivity contribution in [3.8, 4) is 0 Å². The van der Waals surface area contributed by atoms with Crippen LogP contribution in [0.4, 0.5) is 9.59 Å². The van der Waals surface area contributed by atoms with E-state index in [1.165, 1.54) is 4.90 Å². The van der Waals surface area contributed by atoms with Gasteiger partial charge < -0.3 is 56.5 Å². The summed E-state index contributed by atoms with van der Waals surface area (Å²) in [5.41, 5.74) is 4.71. The first-order valence-corrected chi connectivity index (χ1v) is 24.2. The van der Waals surface area contributed by atoms with Gasteiger partial charge in [-0.2, -0.15) is 0 Å². The molecule has 8 N–H and O–H groups in total. The summed E-state index contributed by atoms with van der Waals surface area (Å²) in [5, 5.41) is 23.2. The summed E-state index contributed by atoms with van der Waals surface area (Å²) < 4.78 is 16.1. The number of carboxylic acid groups (broad SMARTS) is 1. The van der Waals surface area contributed by atoms with Crippen LogP contribution >= 0.6 is 0 Å². The van der Waals surface area contributed by atoms with Crippen molar-refractivity contribution >= 4 is 41.8 Å². The lowest BCUT2D eigenvalue weighted by Crippen LogP contribution is -2.62. The number of likely N-dealkylation sites (N-methyl/N-ethyl adjacent to an activating group) is 1. The molecule has 1 saturated carbocycles. The predicted molar refractivity (Wildman–Crippen MR) is 253 cm³/mol. The second-order valence-electron chi connectivity index (χ2n) is 20.2. The second kappa shape index (κ2) is 30.2. The monoisotopic (exact) mass is 941 g/mol. The van der Waals surface area contributed by atoms with E-state index >= 15 is 0 Å². The molecule has 0 aromatic heterocycles. The highest BCUT2D eigenvalue weighted by molar-refractivity contribution is 5.96. The molecule has 0 saturated heterocycles. The van der Waals surface area contributed by atoms with E-state index in [1.54, 1.807) is 48.6 Å². The molecule has 1 fully saturated rings. The number of rotatable bonds is 29. The number of unbranched alkanes of at least 4 members (excludes halogenated alkanes) is 2. The van der Waals surface area contributed by atoms with E-state index in [-0.39, 0.29) is 36.9 Å². The molecule has 0 radical (unpaired) electrons. The molecule has 19 nitrogen and oxygen atoms in total. The summed E-state index contributed by atoms with van der Waals surface area (Å²) in [7, 11) is 1.64. The standard InChI is InChI=1S/C47H88N8O11/c1-13-15-23-36(55(25-16-14-2)29-32(5)48)42(59)54(12)37(27-31(3)4)40(57)53-38(33-21-18-17-19-22-33)41(58)51-34(28-50-45(63)66-47(9,10)11)39(56)52-35(43(60)61)30-64-26-20-24-49-44(62)65-46(6,7)8/h31-38H,13-30,48H2,1-12H3,(H,49,62)(H,50,63)(H,51,58)(H,52,56)(H,53,57)(H,60,61)/t32-,34+,35+,36+,37+,38?/m1/s1. The van der Waals surface area contributed by atoms with Gasteiger partial charge in [-0.1, -0.05) is 66.2 Å². The minimum Gasteiger partial charge on any atom is -0.480 e. The molecule has 66 heavy (non-hydrogen) atoms. The lowest BCUT2D eigenvalue weighted by Gasteiger charge is -2.38. The number of nitrogens with zero attached hydrogens (tertiary/aromatic N) is 2. The average Bonchev–Trinajstić information content (AvgIpc) is 3.21. The fourth-order valence-corrected chi connectivity index (χ4v) is 7.65. The van der Waals surface area contributed by atoms with Crippen LogP contribution in [-0.4, -0.2) is 151 Å². The molecule has 0 aromatic rings. The summed E-state index contributed by atoms with van der Waals surface area (Å²) in [4.78, 5) is 98.3. The minimum absolute atomic E-state index is 0.000581. The largest absolute Gasteiger partial charge is 0.480 e. The molecular formula is C47H88N8O11. The molecule has 0 aliphatic heterocycles. The molecule has 0 heterocycles. The zero-order valence-corrected chi connectivity index (χ0v) is 42.3. The highest BCUT2D eigenvalue weighted by Gasteiger charge is 2.39. The van der Waals surface area contributed by atoms with E-state index in [2.05, 4.69) is 45.3 Å². The third-order valence-corrected chi connectivity index (χ3v) is 10.9. The number of aliphatic carboxylic acids is 1. The fraction of sp³-hybridized carbons (Fsp3) is 0.851. The molecule has 1 aliphatic rings. The Hall–Kier alpha value is -4.23. The van der Waals surface area contributed by atoms with Crippen molar-refractivity contribution in [2.24, 2.45) is 17.6 Å². The number of ether oxygens (including phenoxy) is 3. The van der Waals surface area contributed by atoms with Gasteiger partial charge in [0.25, 0.3) is 0 Å². The van der Waals surface area contributed by atoms with Gasteiger partial charge in [-0.15, -0.1) is 0 Å². The number of alkyl carbamates (subject to hydrolysis) is 2. The molecule has 1 unspecified atom stereocenters. The van der Waals surface area contributed by atoms with Crippen LogP contribution < -0.4 is 32.3 Å². The fourth-order valence-electron chi connectivity index (χ4n) is 7.65. The summed E-state index contributed by atoms with van der Waals surface area (Å²) >= 11 is 0. The summed E-state index contributed by atoms with van der Waals surface area (Å²) in [6.07, 6.45) is 7.07. The normalized spacial score (nSPS) is 16.2. The molecule has 0 bridgehead atoms. The molecular weight excluding hydrogens is 853 g/mol. The van der Waals surface area contributed by atoms with Gasteiger partial charge in [0.15, 0.2) is 6.04 Å². The Morgan fingerprint density at radius 2 is 1.32 bits per heavy atom. The van der Waals surface area contributed by atoms with Crippen molar-refractivity contribution in [3.63, 3.8) is 0 Å². The van der Waals surface area contributed by atoms with Crippen LogP contribution in [0.5, 0.6) is 0 Å². The number of hydrogen-bond donors (Lipinski definition) is 7. The Labute approximate surface area is 394 Å². The molecule has 1 rings (SSSR count). The van der Waals surface area contributed by atoms with E-state index in [1.807, 2.05) is 20.8 Å². The zero-order chi connectivity index (χ0) is 50.2. The third kappa shape index (κ3) is 24.5. The number of carbonyl (C=O) groups excluding carboxylic acids is 6. The van der Waals surface area contributed by atoms with Crippen LogP contribution in [0.15, 0.2) is 0 Å². The number of carboxylic acids is 1. The summed E-state index contributed by atoms with van der Waals surface area (Å²) in [6, 6.07) is -5.79. The maximum atomic E-state index is 14.6. The van der Waals surface area contributed by atoms with Gasteiger partial charge in [0.2, 0.25) is 23.6 Å². The summed E-state index contributed by atoms with van der Waals surface area (Å²) in [6.45, 7) is 20.7. The lowest BCUT2D eigenvalue weighted by molar-refractivity contribution is -0.145. The smallest absolute Gasteiger partial charge is 0.407 e. The Bertz CT molecular complexity index is 1510. The van der Waals surface area contributed by atoms with Crippen molar-refractivity contribution < 1.29 is 52.9 Å². The van der Waals surface area contributed by atoms with Gasteiger partial charge in [0, 0.05) is 32.8 Å². The number of nitrogens with two attached hydrogens (primary N) is 1. The molecule has 6 atom stereocenters. The van der Waals surface area contributed by atoms with Crippen LogP contribution in [0.25, 0.3) is 0 Å². The first-order valence-electron chi connectivity index (χ1n) is 24.2. The molecule has 19 heteroatoms. The zero-order valence-electron chi connectivity index (χ0n) is 42.3. The number of amides is 6. The minimum atomic E-state index is -1.55. The number of carbonyl (C=O) groups is 7. The molecule has 1 aliphatic carbocycles. The van der Waals surface area contributed by atoms with Gasteiger partial charge in [0.1, 0.15) is 29.3 Å². The maximum Gasteiger partial charge on any atom is 0.407 e. The van der Waals surface area contributed by atoms with Crippen LogP contribution in [0.1, 0.15) is 153 Å². The van der Waals surface area contributed by atoms with Gasteiger partial charge in [-0.3, -0.25) is 24.1 Å². The Morgan fingerprint density at radius 1 is 0.742 bits per heavy atom. The van der Waals surface area contributed by atoms with E-state index in [9.17, 15) is 38.7 Å². The molecule has 0 spiro atoms. The predicted octanol–water partition coefficient (Wildman–Crippen LogP) is 4.44. The van der Waals surface area contributed by atoms with Crippen molar-refractivity contribution in [1.29, 1.82) is 0 Å². The second-order valence-corrected chi connectivity index (χ2v) is 20.2. The lowest BCUT2D eigenvalue weighted by atomic mass is 9.83. The average molecular weight is 941 g/mol. The first-order chi connectivity index (χ1) is 30.8. The van der Waals surface area contributed by atoms with Crippen LogP contribution in [0.2, 0.25) is 0 Å². The van der Waals surface area contributed by atoms with Gasteiger partial charge >= 0.3 is 18.2 Å². The topological polar surface area (TPSA) is 260 Å². The quantitative estimate of drug-likeness (QED) is 0.0513.